The van der Waals surface area contributed by atoms with E-state index >= 15 is 0 Å². The van der Waals surface area contributed by atoms with Crippen molar-refractivity contribution < 1.29 is 32.6 Å². The summed E-state index contributed by atoms with van der Waals surface area (Å²) >= 11 is 0. The summed E-state index contributed by atoms with van der Waals surface area (Å²) < 4.78 is 37.7. The van der Waals surface area contributed by atoms with Crippen LogP contribution in [-0.4, -0.2) is 44.7 Å². The van der Waals surface area contributed by atoms with Crippen molar-refractivity contribution >= 4 is 27.6 Å². The lowest BCUT2D eigenvalue weighted by molar-refractivity contribution is -0.139. The van der Waals surface area contributed by atoms with Crippen molar-refractivity contribution in [2.24, 2.45) is 5.73 Å². The number of nitrogens with two attached hydrogens (primary N) is 1. The topological polar surface area (TPSA) is 136 Å². The molecule has 1 aliphatic rings. The highest BCUT2D eigenvalue weighted by Crippen LogP contribution is 2.36. The fourth-order valence-corrected chi connectivity index (χ4v) is 4.03. The second-order valence-corrected chi connectivity index (χ2v) is 7.53. The maximum absolute atomic E-state index is 13.1. The van der Waals surface area contributed by atoms with Crippen molar-refractivity contribution in [1.82, 2.24) is 0 Å². The number of rotatable bonds is 6. The van der Waals surface area contributed by atoms with Crippen LogP contribution < -0.4 is 19.5 Å². The molecule has 0 fully saturated rings. The summed E-state index contributed by atoms with van der Waals surface area (Å²) in [5, 5.41) is 8.61. The summed E-state index contributed by atoms with van der Waals surface area (Å²) in [5.41, 5.74) is 5.59. The molecule has 2 aromatic carbocycles. The van der Waals surface area contributed by atoms with E-state index in [4.69, 9.17) is 20.3 Å². The van der Waals surface area contributed by atoms with Gasteiger partial charge in [0.1, 0.15) is 11.5 Å². The Labute approximate surface area is 155 Å². The molecule has 1 heterocycles. The number of carbonyl (C=O) groups is 2. The van der Waals surface area contributed by atoms with Gasteiger partial charge in [0, 0.05) is 0 Å². The first-order valence-corrected chi connectivity index (χ1v) is 9.25. The summed E-state index contributed by atoms with van der Waals surface area (Å²) in [6.07, 6.45) is -1.12. The molecular weight excluding hydrogens is 376 g/mol. The first-order chi connectivity index (χ1) is 12.8. The van der Waals surface area contributed by atoms with Crippen LogP contribution in [0.25, 0.3) is 0 Å². The second-order valence-electron chi connectivity index (χ2n) is 5.67. The minimum absolute atomic E-state index is 0.0508. The maximum atomic E-state index is 13.1. The number of primary amides is 1. The van der Waals surface area contributed by atoms with Crippen LogP contribution in [0.4, 0.5) is 5.69 Å². The van der Waals surface area contributed by atoms with Crippen molar-refractivity contribution in [3.63, 3.8) is 0 Å². The molecule has 9 nitrogen and oxygen atoms in total. The Kier molecular flexibility index (Phi) is 4.91. The smallest absolute Gasteiger partial charge is 0.341 e. The number of carboxylic acids is 1. The van der Waals surface area contributed by atoms with Gasteiger partial charge in [-0.1, -0.05) is 12.1 Å². The lowest BCUT2D eigenvalue weighted by Crippen LogP contribution is -2.49. The number of hydrogen-bond donors (Lipinski definition) is 2. The van der Waals surface area contributed by atoms with Crippen LogP contribution in [0.5, 0.6) is 11.5 Å². The van der Waals surface area contributed by atoms with Crippen molar-refractivity contribution in [2.45, 2.75) is 11.0 Å². The SMILES string of the molecule is NC(=O)[C@H]1CN(S(=O)(=O)c2ccc(OCC(=O)O)cc2)c2ccccc2O1. The molecule has 1 aliphatic heterocycles. The van der Waals surface area contributed by atoms with E-state index in [1.54, 1.807) is 24.3 Å². The molecule has 3 rings (SSSR count). The molecule has 1 atom stereocenters. The normalized spacial score (nSPS) is 16.1. The first kappa shape index (κ1) is 18.5. The van der Waals surface area contributed by atoms with Gasteiger partial charge >= 0.3 is 5.97 Å². The van der Waals surface area contributed by atoms with Crippen LogP contribution in [0.15, 0.2) is 53.4 Å². The summed E-state index contributed by atoms with van der Waals surface area (Å²) in [7, 11) is -4.02. The molecule has 0 saturated carbocycles. The van der Waals surface area contributed by atoms with Gasteiger partial charge in [0.05, 0.1) is 17.1 Å². The van der Waals surface area contributed by atoms with Crippen LogP contribution in [-0.2, 0) is 19.6 Å². The van der Waals surface area contributed by atoms with E-state index in [2.05, 4.69) is 0 Å². The molecule has 0 unspecified atom stereocenters. The van der Waals surface area contributed by atoms with E-state index < -0.39 is 34.6 Å². The van der Waals surface area contributed by atoms with Gasteiger partial charge in [0.2, 0.25) is 0 Å². The number of aliphatic carboxylic acids is 1. The number of ether oxygens (including phenoxy) is 2. The zero-order valence-corrected chi connectivity index (χ0v) is 14.8. The molecule has 0 saturated heterocycles. The number of fused-ring (bicyclic) bond motifs is 1. The van der Waals surface area contributed by atoms with E-state index in [1.165, 1.54) is 24.3 Å². The molecular formula is C17H16N2O7S. The molecule has 142 valence electrons. The third-order valence-corrected chi connectivity index (χ3v) is 5.62. The minimum Gasteiger partial charge on any atom is -0.482 e. The van der Waals surface area contributed by atoms with Gasteiger partial charge in [-0.2, -0.15) is 0 Å². The number of para-hydroxylation sites is 2. The average molecular weight is 392 g/mol. The fraction of sp³-hybridized carbons (Fsp3) is 0.176. The monoisotopic (exact) mass is 392 g/mol. The van der Waals surface area contributed by atoms with Crippen LogP contribution in [0.2, 0.25) is 0 Å². The Morgan fingerprint density at radius 1 is 1.19 bits per heavy atom. The zero-order chi connectivity index (χ0) is 19.6. The number of sulfonamides is 1. The minimum atomic E-state index is -4.02. The maximum Gasteiger partial charge on any atom is 0.341 e. The lowest BCUT2D eigenvalue weighted by atomic mass is 10.2. The quantitative estimate of drug-likeness (QED) is 0.734. The Morgan fingerprint density at radius 2 is 1.85 bits per heavy atom. The van der Waals surface area contributed by atoms with E-state index in [0.717, 1.165) is 4.31 Å². The molecule has 0 radical (unpaired) electrons. The van der Waals surface area contributed by atoms with Crippen molar-refractivity contribution in [2.75, 3.05) is 17.5 Å². The van der Waals surface area contributed by atoms with Gasteiger partial charge in [-0.3, -0.25) is 9.10 Å². The zero-order valence-electron chi connectivity index (χ0n) is 13.9. The molecule has 0 aliphatic carbocycles. The van der Waals surface area contributed by atoms with E-state index in [9.17, 15) is 18.0 Å². The summed E-state index contributed by atoms with van der Waals surface area (Å²) in [6, 6.07) is 11.7. The second kappa shape index (κ2) is 7.16. The van der Waals surface area contributed by atoms with E-state index in [1.807, 2.05) is 0 Å². The first-order valence-electron chi connectivity index (χ1n) is 7.81. The Morgan fingerprint density at radius 3 is 2.48 bits per heavy atom. The lowest BCUT2D eigenvalue weighted by Gasteiger charge is -2.34. The fourth-order valence-electron chi connectivity index (χ4n) is 2.56. The predicted octanol–water partition coefficient (Wildman–Crippen LogP) is 0.592. The highest BCUT2D eigenvalue weighted by atomic mass is 32.2. The number of amides is 1. The highest BCUT2D eigenvalue weighted by Gasteiger charge is 2.36. The van der Waals surface area contributed by atoms with Crippen LogP contribution >= 0.6 is 0 Å². The van der Waals surface area contributed by atoms with E-state index in [-0.39, 0.29) is 22.9 Å². The molecule has 2 aromatic rings. The Bertz CT molecular complexity index is 973. The molecule has 27 heavy (non-hydrogen) atoms. The molecule has 0 bridgehead atoms. The molecule has 0 spiro atoms. The van der Waals surface area contributed by atoms with Crippen molar-refractivity contribution in [3.8, 4) is 11.5 Å². The Hall–Kier alpha value is -3.27. The standard InChI is InChI=1S/C17H16N2O7S/c18-17(22)15-9-19(13-3-1-2-4-14(13)26-15)27(23,24)12-7-5-11(6-8-12)25-10-16(20)21/h1-8,15H,9-10H2,(H2,18,22)(H,20,21)/t15-/m1/s1. The number of nitrogens with zero attached hydrogens (tertiary/aromatic N) is 1. The number of benzene rings is 2. The molecule has 1 amide bonds. The predicted molar refractivity (Wildman–Crippen MR) is 94.2 cm³/mol. The largest absolute Gasteiger partial charge is 0.482 e. The molecule has 10 heteroatoms. The van der Waals surface area contributed by atoms with Crippen LogP contribution in [0, 0.1) is 0 Å². The average Bonchev–Trinajstić information content (AvgIpc) is 2.65. The van der Waals surface area contributed by atoms with Crippen molar-refractivity contribution in [1.29, 1.82) is 0 Å². The summed E-state index contributed by atoms with van der Waals surface area (Å²) in [6.45, 7) is -0.796. The van der Waals surface area contributed by atoms with Gasteiger partial charge in [0.25, 0.3) is 15.9 Å². The highest BCUT2D eigenvalue weighted by molar-refractivity contribution is 7.92. The van der Waals surface area contributed by atoms with Crippen molar-refractivity contribution in [3.05, 3.63) is 48.5 Å². The van der Waals surface area contributed by atoms with Crippen LogP contribution in [0.3, 0.4) is 0 Å². The van der Waals surface area contributed by atoms with Gasteiger partial charge < -0.3 is 20.3 Å². The van der Waals surface area contributed by atoms with Gasteiger partial charge in [0.15, 0.2) is 12.7 Å². The van der Waals surface area contributed by atoms with E-state index in [0.29, 0.717) is 5.69 Å². The van der Waals surface area contributed by atoms with Gasteiger partial charge in [-0.25, -0.2) is 13.2 Å². The van der Waals surface area contributed by atoms with Gasteiger partial charge in [-0.05, 0) is 36.4 Å². The third kappa shape index (κ3) is 3.80. The van der Waals surface area contributed by atoms with Crippen LogP contribution in [0.1, 0.15) is 0 Å². The third-order valence-electron chi connectivity index (χ3n) is 3.83. The molecule has 0 aromatic heterocycles. The molecule has 3 N–H and O–H groups in total. The van der Waals surface area contributed by atoms with Gasteiger partial charge in [-0.15, -0.1) is 0 Å². The number of carbonyl (C=O) groups excluding carboxylic acids is 1. The number of carboxylic acid groups (broad SMARTS) is 1. The summed E-state index contributed by atoms with van der Waals surface area (Å²) in [4.78, 5) is 22.0. The Balaban J connectivity index is 1.94. The summed E-state index contributed by atoms with van der Waals surface area (Å²) in [5.74, 6) is -1.47. The number of hydrogen-bond acceptors (Lipinski definition) is 6. The number of anilines is 1.